The van der Waals surface area contributed by atoms with Crippen LogP contribution in [-0.4, -0.2) is 98.1 Å². The van der Waals surface area contributed by atoms with E-state index in [1.165, 1.54) is 6.20 Å². The van der Waals surface area contributed by atoms with Gasteiger partial charge in [-0.15, -0.1) is 0 Å². The molecule has 12 heteroatoms. The van der Waals surface area contributed by atoms with Gasteiger partial charge in [-0.3, -0.25) is 9.80 Å². The summed E-state index contributed by atoms with van der Waals surface area (Å²) in [5, 5.41) is 10.0. The van der Waals surface area contributed by atoms with Crippen LogP contribution in [-0.2, 0) is 4.74 Å². The fourth-order valence-corrected chi connectivity index (χ4v) is 7.14. The second-order valence-electron chi connectivity index (χ2n) is 12.3. The summed E-state index contributed by atoms with van der Waals surface area (Å²) in [5.74, 6) is -0.181. The average Bonchev–Trinajstić information content (AvgIpc) is 3.53. The lowest BCUT2D eigenvalue weighted by Gasteiger charge is -2.42. The minimum Gasteiger partial charge on any atom is -0.461 e. The first-order chi connectivity index (χ1) is 18.6. The van der Waals surface area contributed by atoms with E-state index in [-0.39, 0.29) is 53.0 Å². The molecule has 2 bridgehead atoms. The van der Waals surface area contributed by atoms with Gasteiger partial charge in [-0.05, 0) is 65.8 Å². The van der Waals surface area contributed by atoms with E-state index < -0.39 is 11.4 Å². The second-order valence-corrected chi connectivity index (χ2v) is 12.7. The van der Waals surface area contributed by atoms with Crippen molar-refractivity contribution < 1.29 is 23.8 Å². The Morgan fingerprint density at radius 3 is 2.64 bits per heavy atom. The molecule has 6 rings (SSSR count). The van der Waals surface area contributed by atoms with E-state index in [0.29, 0.717) is 30.9 Å². The first-order valence-electron chi connectivity index (χ1n) is 13.9. The van der Waals surface area contributed by atoms with Crippen molar-refractivity contribution in [1.82, 2.24) is 24.8 Å². The zero-order valence-corrected chi connectivity index (χ0v) is 23.5. The summed E-state index contributed by atoms with van der Waals surface area (Å²) in [6.45, 7) is 8.08. The van der Waals surface area contributed by atoms with Crippen LogP contribution >= 0.6 is 11.6 Å². The standard InChI is InChI=1S/C27H36ClFN6O4/c1-26(2,3)39-25(37)35-16-5-6-17(35)13-33(12-16)23-19-11-30-22(28)20(29)21(19)31-24(32-23)38-15-27-8-4-10-34(27)18(14-36)7-9-27/h11,16-18,36H,4-10,12-15H2,1-3H3/t16?,17?,18-,27-/m0/s1. The Morgan fingerprint density at radius 2 is 1.95 bits per heavy atom. The summed E-state index contributed by atoms with van der Waals surface area (Å²) in [5.41, 5.74) is -0.674. The molecule has 1 amide bonds. The maximum Gasteiger partial charge on any atom is 0.410 e. The van der Waals surface area contributed by atoms with Gasteiger partial charge in [-0.1, -0.05) is 11.6 Å². The van der Waals surface area contributed by atoms with Crippen LogP contribution in [0.4, 0.5) is 15.0 Å². The molecule has 39 heavy (non-hydrogen) atoms. The van der Waals surface area contributed by atoms with Crippen molar-refractivity contribution in [2.75, 3.05) is 37.7 Å². The highest BCUT2D eigenvalue weighted by Gasteiger charge is 2.50. The van der Waals surface area contributed by atoms with Gasteiger partial charge in [0.2, 0.25) is 0 Å². The van der Waals surface area contributed by atoms with Gasteiger partial charge in [-0.2, -0.15) is 9.97 Å². The van der Waals surface area contributed by atoms with Crippen molar-refractivity contribution in [3.8, 4) is 6.01 Å². The molecule has 4 atom stereocenters. The Morgan fingerprint density at radius 1 is 1.21 bits per heavy atom. The topological polar surface area (TPSA) is 104 Å². The normalized spacial score (nSPS) is 28.8. The number of nitrogens with zero attached hydrogens (tertiary/aromatic N) is 6. The molecule has 4 fully saturated rings. The van der Waals surface area contributed by atoms with Crippen LogP contribution in [0.15, 0.2) is 6.20 Å². The van der Waals surface area contributed by atoms with E-state index >= 15 is 4.39 Å². The van der Waals surface area contributed by atoms with Gasteiger partial charge in [-0.25, -0.2) is 14.2 Å². The highest BCUT2D eigenvalue weighted by Crippen LogP contribution is 2.43. The van der Waals surface area contributed by atoms with Crippen molar-refractivity contribution in [3.05, 3.63) is 17.2 Å². The SMILES string of the molecule is CC(C)(C)OC(=O)N1C2CCC1CN(c1nc(OC[C@@]34CCCN3[C@H](CO)CC4)nc3c(F)c(Cl)ncc13)C2. The number of carbonyl (C=O) groups is 1. The lowest BCUT2D eigenvalue weighted by molar-refractivity contribution is 0.0122. The van der Waals surface area contributed by atoms with Crippen molar-refractivity contribution in [2.24, 2.45) is 0 Å². The van der Waals surface area contributed by atoms with E-state index in [4.69, 9.17) is 26.1 Å². The van der Waals surface area contributed by atoms with Crippen molar-refractivity contribution >= 4 is 34.4 Å². The molecule has 2 aromatic rings. The quantitative estimate of drug-likeness (QED) is 0.545. The number of aliphatic hydroxyl groups is 1. The molecule has 0 saturated carbocycles. The molecule has 4 saturated heterocycles. The van der Waals surface area contributed by atoms with E-state index in [9.17, 15) is 9.90 Å². The zero-order valence-electron chi connectivity index (χ0n) is 22.7. The van der Waals surface area contributed by atoms with Gasteiger partial charge < -0.3 is 19.5 Å². The number of carbonyl (C=O) groups excluding carboxylic acids is 1. The third-order valence-electron chi connectivity index (χ3n) is 8.70. The Kier molecular flexibility index (Phi) is 6.74. The average molecular weight is 563 g/mol. The van der Waals surface area contributed by atoms with Gasteiger partial charge in [0, 0.05) is 25.3 Å². The number of hydrogen-bond donors (Lipinski definition) is 1. The molecule has 1 N–H and O–H groups in total. The predicted octanol–water partition coefficient (Wildman–Crippen LogP) is 3.77. The first kappa shape index (κ1) is 26.7. The number of halogens is 2. The maximum absolute atomic E-state index is 15.2. The van der Waals surface area contributed by atoms with Crippen LogP contribution in [0.25, 0.3) is 10.9 Å². The Hall–Kier alpha value is -2.50. The van der Waals surface area contributed by atoms with Crippen LogP contribution in [0.1, 0.15) is 59.3 Å². The predicted molar refractivity (Wildman–Crippen MR) is 144 cm³/mol. The lowest BCUT2D eigenvalue weighted by atomic mass is 9.95. The first-order valence-corrected chi connectivity index (χ1v) is 14.2. The summed E-state index contributed by atoms with van der Waals surface area (Å²) in [6, 6.07) is 0.147. The molecule has 212 valence electrons. The van der Waals surface area contributed by atoms with E-state index in [2.05, 4.69) is 19.8 Å². The summed E-state index contributed by atoms with van der Waals surface area (Å²) in [7, 11) is 0. The number of piperazine rings is 1. The highest BCUT2D eigenvalue weighted by atomic mass is 35.5. The number of aliphatic hydroxyl groups excluding tert-OH is 1. The number of anilines is 1. The fourth-order valence-electron chi connectivity index (χ4n) is 7.00. The third-order valence-corrected chi connectivity index (χ3v) is 8.97. The lowest BCUT2D eigenvalue weighted by Crippen LogP contribution is -2.57. The monoisotopic (exact) mass is 562 g/mol. The number of amides is 1. The molecule has 0 spiro atoms. The Bertz CT molecular complexity index is 1260. The molecule has 4 aliphatic heterocycles. The van der Waals surface area contributed by atoms with Crippen LogP contribution < -0.4 is 9.64 Å². The summed E-state index contributed by atoms with van der Waals surface area (Å²) >= 11 is 6.04. The number of hydrogen-bond acceptors (Lipinski definition) is 9. The summed E-state index contributed by atoms with van der Waals surface area (Å²) in [4.78, 5) is 32.5. The van der Waals surface area contributed by atoms with Gasteiger partial charge in [0.25, 0.3) is 0 Å². The molecule has 0 aliphatic carbocycles. The number of pyridine rings is 1. The van der Waals surface area contributed by atoms with Crippen LogP contribution in [0, 0.1) is 5.82 Å². The zero-order chi connectivity index (χ0) is 27.5. The summed E-state index contributed by atoms with van der Waals surface area (Å²) < 4.78 is 27.1. The molecule has 2 unspecified atom stereocenters. The minimum absolute atomic E-state index is 0.0436. The molecular formula is C27H36ClFN6O4. The molecule has 10 nitrogen and oxygen atoms in total. The number of ether oxygens (including phenoxy) is 2. The van der Waals surface area contributed by atoms with Crippen molar-refractivity contribution in [2.45, 2.75) is 88.6 Å². The third kappa shape index (κ3) is 4.76. The highest BCUT2D eigenvalue weighted by molar-refractivity contribution is 6.30. The van der Waals surface area contributed by atoms with Crippen molar-refractivity contribution in [3.63, 3.8) is 0 Å². The second kappa shape index (κ2) is 9.85. The van der Waals surface area contributed by atoms with Gasteiger partial charge in [0.1, 0.15) is 23.5 Å². The molecular weight excluding hydrogens is 527 g/mol. The van der Waals surface area contributed by atoms with Crippen molar-refractivity contribution in [1.29, 1.82) is 0 Å². The van der Waals surface area contributed by atoms with Gasteiger partial charge >= 0.3 is 12.1 Å². The van der Waals surface area contributed by atoms with Crippen LogP contribution in [0.5, 0.6) is 6.01 Å². The van der Waals surface area contributed by atoms with E-state index in [1.807, 2.05) is 25.7 Å². The molecule has 6 heterocycles. The maximum atomic E-state index is 15.2. The van der Waals surface area contributed by atoms with E-state index in [1.54, 1.807) is 0 Å². The number of fused-ring (bicyclic) bond motifs is 4. The molecule has 4 aliphatic rings. The number of aromatic nitrogens is 3. The molecule has 2 aromatic heterocycles. The fraction of sp³-hybridized carbons (Fsp3) is 0.704. The van der Waals surface area contributed by atoms with Gasteiger partial charge in [0.05, 0.1) is 29.6 Å². The van der Waals surface area contributed by atoms with Crippen LogP contribution in [0.3, 0.4) is 0 Å². The van der Waals surface area contributed by atoms with E-state index in [0.717, 1.165) is 45.1 Å². The molecule has 0 aromatic carbocycles. The Balaban J connectivity index is 1.29. The summed E-state index contributed by atoms with van der Waals surface area (Å²) in [6.07, 6.45) is 6.79. The number of rotatable bonds is 5. The largest absolute Gasteiger partial charge is 0.461 e. The van der Waals surface area contributed by atoms with Gasteiger partial charge in [0.15, 0.2) is 11.0 Å². The van der Waals surface area contributed by atoms with Crippen LogP contribution in [0.2, 0.25) is 5.15 Å². The Labute approximate surface area is 232 Å². The molecule has 0 radical (unpaired) electrons. The minimum atomic E-state index is -0.708. The smallest absolute Gasteiger partial charge is 0.410 e.